The standard InChI is InChI=1S/C18H28Br2F2O2P2/c1-9(2)25(23,10(3)4)17-13(19)14(20)18(16(22)15(17)21)26(24,11(5)6)12(7)8/h9-12H,1-8H3. The van der Waals surface area contributed by atoms with Crippen molar-refractivity contribution in [2.75, 3.05) is 0 Å². The van der Waals surface area contributed by atoms with Crippen LogP contribution < -0.4 is 10.6 Å². The maximum atomic E-state index is 15.3. The highest BCUT2D eigenvalue weighted by Gasteiger charge is 2.44. The molecule has 0 aromatic heterocycles. The third-order valence-electron chi connectivity index (χ3n) is 4.98. The van der Waals surface area contributed by atoms with E-state index in [-0.39, 0.29) is 42.2 Å². The van der Waals surface area contributed by atoms with E-state index in [1.54, 1.807) is 55.4 Å². The highest BCUT2D eigenvalue weighted by atomic mass is 79.9. The van der Waals surface area contributed by atoms with Crippen LogP contribution in [-0.2, 0) is 9.13 Å². The molecular formula is C18H28Br2F2O2P2. The van der Waals surface area contributed by atoms with Gasteiger partial charge in [0.2, 0.25) is 0 Å². The van der Waals surface area contributed by atoms with Crippen molar-refractivity contribution in [1.29, 1.82) is 0 Å². The number of rotatable bonds is 6. The Labute approximate surface area is 172 Å². The molecule has 0 heterocycles. The molecule has 1 rings (SSSR count). The fourth-order valence-corrected chi connectivity index (χ4v) is 12.3. The molecule has 0 saturated heterocycles. The van der Waals surface area contributed by atoms with Gasteiger partial charge in [-0.05, 0) is 31.9 Å². The zero-order valence-electron chi connectivity index (χ0n) is 16.5. The molecule has 0 fully saturated rings. The highest BCUT2D eigenvalue weighted by molar-refractivity contribution is 9.13. The van der Waals surface area contributed by atoms with Crippen LogP contribution in [-0.4, -0.2) is 22.6 Å². The molecule has 0 spiro atoms. The van der Waals surface area contributed by atoms with Crippen LogP contribution in [0, 0.1) is 11.6 Å². The van der Waals surface area contributed by atoms with Crippen LogP contribution in [0.25, 0.3) is 0 Å². The van der Waals surface area contributed by atoms with Crippen molar-refractivity contribution in [3.63, 3.8) is 0 Å². The molecule has 2 nitrogen and oxygen atoms in total. The second kappa shape index (κ2) is 8.47. The van der Waals surface area contributed by atoms with Gasteiger partial charge in [-0.15, -0.1) is 0 Å². The largest absolute Gasteiger partial charge is 0.318 e. The molecule has 1 aromatic carbocycles. The molecule has 1 aromatic rings. The summed E-state index contributed by atoms with van der Waals surface area (Å²) in [6, 6.07) is 0. The van der Waals surface area contributed by atoms with Crippen molar-refractivity contribution in [1.82, 2.24) is 0 Å². The van der Waals surface area contributed by atoms with Crippen molar-refractivity contribution in [3.05, 3.63) is 20.6 Å². The van der Waals surface area contributed by atoms with Gasteiger partial charge in [0.15, 0.2) is 11.6 Å². The second-order valence-corrected chi connectivity index (χ2v) is 17.2. The van der Waals surface area contributed by atoms with Gasteiger partial charge in [-0.25, -0.2) is 8.78 Å². The van der Waals surface area contributed by atoms with Crippen LogP contribution in [0.4, 0.5) is 8.78 Å². The smallest absolute Gasteiger partial charge is 0.171 e. The lowest BCUT2D eigenvalue weighted by molar-refractivity contribution is 0.511. The molecule has 0 aliphatic carbocycles. The van der Waals surface area contributed by atoms with Gasteiger partial charge in [0.25, 0.3) is 0 Å². The Morgan fingerprint density at radius 3 is 0.962 bits per heavy atom. The first-order chi connectivity index (χ1) is 11.7. The SMILES string of the molecule is CC(C)P(=O)(c1c(F)c(F)c(P(=O)(C(C)C)C(C)C)c(Br)c1Br)C(C)C. The molecule has 150 valence electrons. The van der Waals surface area contributed by atoms with E-state index in [0.29, 0.717) is 0 Å². The first kappa shape index (κ1) is 24.5. The summed E-state index contributed by atoms with van der Waals surface area (Å²) in [4.78, 5) is 0. The number of hydrogen-bond acceptors (Lipinski definition) is 2. The molecule has 0 unspecified atom stereocenters. The average molecular weight is 536 g/mol. The lowest BCUT2D eigenvalue weighted by atomic mass is 10.3. The number of hydrogen-bond donors (Lipinski definition) is 0. The van der Waals surface area contributed by atoms with Crippen LogP contribution in [0.15, 0.2) is 8.95 Å². The van der Waals surface area contributed by atoms with E-state index >= 15 is 8.78 Å². The molecule has 0 aliphatic rings. The summed E-state index contributed by atoms with van der Waals surface area (Å²) in [5.74, 6) is -2.30. The summed E-state index contributed by atoms with van der Waals surface area (Å²) in [6.07, 6.45) is 0. The van der Waals surface area contributed by atoms with E-state index in [4.69, 9.17) is 0 Å². The van der Waals surface area contributed by atoms with Gasteiger partial charge in [-0.1, -0.05) is 55.4 Å². The topological polar surface area (TPSA) is 34.1 Å². The Kier molecular flexibility index (Phi) is 8.00. The second-order valence-electron chi connectivity index (χ2n) is 7.75. The molecule has 26 heavy (non-hydrogen) atoms. The monoisotopic (exact) mass is 534 g/mol. The number of halogens is 4. The summed E-state index contributed by atoms with van der Waals surface area (Å²) in [6.45, 7) is 14.0. The number of benzene rings is 1. The van der Waals surface area contributed by atoms with Gasteiger partial charge < -0.3 is 9.13 Å². The summed E-state index contributed by atoms with van der Waals surface area (Å²) in [7, 11) is -6.49. The van der Waals surface area contributed by atoms with Crippen molar-refractivity contribution >= 4 is 56.8 Å². The minimum atomic E-state index is -3.25. The third-order valence-corrected chi connectivity index (χ3v) is 16.1. The first-order valence-electron chi connectivity index (χ1n) is 8.72. The van der Waals surface area contributed by atoms with E-state index in [1.807, 2.05) is 0 Å². The zero-order chi connectivity index (χ0) is 20.8. The van der Waals surface area contributed by atoms with Crippen LogP contribution in [0.3, 0.4) is 0 Å². The van der Waals surface area contributed by atoms with Crippen LogP contribution in [0.2, 0.25) is 0 Å². The molecule has 0 saturated carbocycles. The third kappa shape index (κ3) is 3.70. The molecular weight excluding hydrogens is 508 g/mol. The van der Waals surface area contributed by atoms with Gasteiger partial charge in [0.1, 0.15) is 14.3 Å². The van der Waals surface area contributed by atoms with E-state index in [2.05, 4.69) is 31.9 Å². The minimum Gasteiger partial charge on any atom is -0.318 e. The lowest BCUT2D eigenvalue weighted by Crippen LogP contribution is -2.32. The van der Waals surface area contributed by atoms with Gasteiger partial charge >= 0.3 is 0 Å². The molecule has 0 atom stereocenters. The summed E-state index contributed by atoms with van der Waals surface area (Å²) in [5, 5.41) is -0.260. The van der Waals surface area contributed by atoms with Crippen LogP contribution in [0.1, 0.15) is 55.4 Å². The summed E-state index contributed by atoms with van der Waals surface area (Å²) < 4.78 is 58.3. The lowest BCUT2D eigenvalue weighted by Gasteiger charge is -2.32. The van der Waals surface area contributed by atoms with Crippen molar-refractivity contribution < 1.29 is 17.9 Å². The van der Waals surface area contributed by atoms with Gasteiger partial charge in [-0.2, -0.15) is 0 Å². The van der Waals surface area contributed by atoms with Crippen molar-refractivity contribution in [3.8, 4) is 0 Å². The van der Waals surface area contributed by atoms with E-state index in [9.17, 15) is 9.13 Å². The Morgan fingerprint density at radius 1 is 0.615 bits per heavy atom. The zero-order valence-corrected chi connectivity index (χ0v) is 21.5. The van der Waals surface area contributed by atoms with Gasteiger partial charge in [0.05, 0.1) is 10.6 Å². The Balaban J connectivity index is 4.07. The predicted octanol–water partition coefficient (Wildman–Crippen LogP) is 7.10. The maximum absolute atomic E-state index is 15.3. The maximum Gasteiger partial charge on any atom is 0.171 e. The quantitative estimate of drug-likeness (QED) is 0.287. The van der Waals surface area contributed by atoms with Crippen LogP contribution >= 0.6 is 46.1 Å². The Hall–Kier alpha value is 0.500. The Morgan fingerprint density at radius 2 is 0.808 bits per heavy atom. The molecule has 8 heteroatoms. The van der Waals surface area contributed by atoms with Gasteiger partial charge in [-0.3, -0.25) is 0 Å². The van der Waals surface area contributed by atoms with Crippen molar-refractivity contribution in [2.24, 2.45) is 0 Å². The highest BCUT2D eigenvalue weighted by Crippen LogP contribution is 2.60. The minimum absolute atomic E-state index is 0.130. The van der Waals surface area contributed by atoms with Crippen LogP contribution in [0.5, 0.6) is 0 Å². The summed E-state index contributed by atoms with van der Waals surface area (Å²) >= 11 is 6.66. The molecule has 0 bridgehead atoms. The predicted molar refractivity (Wildman–Crippen MR) is 117 cm³/mol. The first-order valence-corrected chi connectivity index (χ1v) is 14.0. The van der Waals surface area contributed by atoms with E-state index < -0.39 is 25.9 Å². The van der Waals surface area contributed by atoms with E-state index in [0.717, 1.165) is 0 Å². The summed E-state index contributed by atoms with van der Waals surface area (Å²) in [5.41, 5.74) is -1.42. The fraction of sp³-hybridized carbons (Fsp3) is 0.667. The normalized spacial score (nSPS) is 13.5. The van der Waals surface area contributed by atoms with Crippen molar-refractivity contribution in [2.45, 2.75) is 78.0 Å². The van der Waals surface area contributed by atoms with Gasteiger partial charge in [0, 0.05) is 31.6 Å². The molecule has 0 radical (unpaired) electrons. The molecule has 0 amide bonds. The fourth-order valence-electron chi connectivity index (χ4n) is 3.45. The molecule has 0 N–H and O–H groups in total. The Bertz CT molecular complexity index is 672. The molecule has 0 aliphatic heterocycles. The average Bonchev–Trinajstić information content (AvgIpc) is 2.51. The van der Waals surface area contributed by atoms with E-state index in [1.165, 1.54) is 0 Å².